The topological polar surface area (TPSA) is 75.7 Å². The first kappa shape index (κ1) is 19.4. The second-order valence-electron chi connectivity index (χ2n) is 6.59. The molecule has 7 heteroatoms. The molecule has 2 aromatic rings. The van der Waals surface area contributed by atoms with Crippen molar-refractivity contribution in [2.24, 2.45) is 0 Å². The summed E-state index contributed by atoms with van der Waals surface area (Å²) in [5.74, 6) is 0.305. The molecule has 1 saturated heterocycles. The zero-order valence-electron chi connectivity index (χ0n) is 15.3. The minimum atomic E-state index is -3.53. The quantitative estimate of drug-likeness (QED) is 0.825. The van der Waals surface area contributed by atoms with Gasteiger partial charge in [-0.05, 0) is 49.6 Å². The van der Waals surface area contributed by atoms with Crippen molar-refractivity contribution in [1.82, 2.24) is 4.31 Å². The largest absolute Gasteiger partial charge is 0.483 e. The molecule has 2 aromatic carbocycles. The normalized spacial score (nSPS) is 15.3. The number of anilines is 1. The van der Waals surface area contributed by atoms with Gasteiger partial charge in [-0.15, -0.1) is 0 Å². The molecule has 1 N–H and O–H groups in total. The molecule has 3 rings (SSSR count). The van der Waals surface area contributed by atoms with Crippen LogP contribution < -0.4 is 10.1 Å². The molecule has 0 unspecified atom stereocenters. The Bertz CT molecular complexity index is 906. The van der Waals surface area contributed by atoms with Gasteiger partial charge in [0.2, 0.25) is 10.0 Å². The van der Waals surface area contributed by atoms with E-state index in [-0.39, 0.29) is 17.4 Å². The molecule has 1 heterocycles. The SMILES string of the molecule is Cc1ccccc1OCC(=O)Nc1cccc(S(=O)(=O)N2CCCCC2)c1. The van der Waals surface area contributed by atoms with E-state index >= 15 is 0 Å². The molecule has 0 aromatic heterocycles. The second-order valence-corrected chi connectivity index (χ2v) is 8.53. The number of carbonyl (C=O) groups is 1. The molecule has 27 heavy (non-hydrogen) atoms. The number of carbonyl (C=O) groups excluding carboxylic acids is 1. The highest BCUT2D eigenvalue weighted by atomic mass is 32.2. The molecule has 1 aliphatic heterocycles. The van der Waals surface area contributed by atoms with Gasteiger partial charge in [-0.25, -0.2) is 8.42 Å². The van der Waals surface area contributed by atoms with Crippen LogP contribution in [0.1, 0.15) is 24.8 Å². The lowest BCUT2D eigenvalue weighted by Gasteiger charge is -2.26. The van der Waals surface area contributed by atoms with Crippen LogP contribution >= 0.6 is 0 Å². The summed E-state index contributed by atoms with van der Waals surface area (Å²) in [5.41, 5.74) is 1.38. The molecule has 0 saturated carbocycles. The zero-order chi connectivity index (χ0) is 19.3. The number of rotatable bonds is 6. The van der Waals surface area contributed by atoms with Gasteiger partial charge in [0, 0.05) is 18.8 Å². The van der Waals surface area contributed by atoms with E-state index in [1.54, 1.807) is 24.3 Å². The Morgan fingerprint density at radius 2 is 1.81 bits per heavy atom. The third kappa shape index (κ3) is 4.87. The fourth-order valence-corrected chi connectivity index (χ4v) is 4.61. The van der Waals surface area contributed by atoms with Crippen molar-refractivity contribution in [3.05, 3.63) is 54.1 Å². The van der Waals surface area contributed by atoms with Gasteiger partial charge < -0.3 is 10.1 Å². The number of nitrogens with zero attached hydrogens (tertiary/aromatic N) is 1. The number of para-hydroxylation sites is 1. The number of sulfonamides is 1. The van der Waals surface area contributed by atoms with Crippen LogP contribution in [0.25, 0.3) is 0 Å². The highest BCUT2D eigenvalue weighted by Crippen LogP contribution is 2.23. The summed E-state index contributed by atoms with van der Waals surface area (Å²) in [5, 5.41) is 2.70. The third-order valence-corrected chi connectivity index (χ3v) is 6.42. The van der Waals surface area contributed by atoms with Crippen LogP contribution in [0.5, 0.6) is 5.75 Å². The van der Waals surface area contributed by atoms with Gasteiger partial charge in [0.1, 0.15) is 5.75 Å². The maximum Gasteiger partial charge on any atom is 0.262 e. The number of amides is 1. The Hall–Kier alpha value is -2.38. The second kappa shape index (κ2) is 8.54. The van der Waals surface area contributed by atoms with Gasteiger partial charge >= 0.3 is 0 Å². The van der Waals surface area contributed by atoms with Crippen molar-refractivity contribution in [1.29, 1.82) is 0 Å². The van der Waals surface area contributed by atoms with E-state index in [2.05, 4.69) is 5.32 Å². The molecular weight excluding hydrogens is 364 g/mol. The molecule has 1 fully saturated rings. The van der Waals surface area contributed by atoms with Crippen molar-refractivity contribution in [3.63, 3.8) is 0 Å². The Labute approximate surface area is 160 Å². The van der Waals surface area contributed by atoms with Crippen LogP contribution in [0.15, 0.2) is 53.4 Å². The highest BCUT2D eigenvalue weighted by molar-refractivity contribution is 7.89. The number of piperidine rings is 1. The average molecular weight is 388 g/mol. The number of aryl methyl sites for hydroxylation is 1. The first-order valence-corrected chi connectivity index (χ1v) is 10.5. The smallest absolute Gasteiger partial charge is 0.262 e. The van der Waals surface area contributed by atoms with Crippen LogP contribution in [0.2, 0.25) is 0 Å². The predicted octanol–water partition coefficient (Wildman–Crippen LogP) is 3.19. The molecule has 0 spiro atoms. The summed E-state index contributed by atoms with van der Waals surface area (Å²) in [6, 6.07) is 13.8. The summed E-state index contributed by atoms with van der Waals surface area (Å²) in [6.07, 6.45) is 2.82. The van der Waals surface area contributed by atoms with E-state index in [1.807, 2.05) is 25.1 Å². The highest BCUT2D eigenvalue weighted by Gasteiger charge is 2.26. The number of nitrogens with one attached hydrogen (secondary N) is 1. The summed E-state index contributed by atoms with van der Waals surface area (Å²) in [4.78, 5) is 12.4. The van der Waals surface area contributed by atoms with Crippen LogP contribution in [0.4, 0.5) is 5.69 Å². The molecule has 0 bridgehead atoms. The number of hydrogen-bond donors (Lipinski definition) is 1. The van der Waals surface area contributed by atoms with Crippen molar-refractivity contribution >= 4 is 21.6 Å². The Kier molecular flexibility index (Phi) is 6.13. The summed E-state index contributed by atoms with van der Waals surface area (Å²) in [7, 11) is -3.53. The number of ether oxygens (including phenoxy) is 1. The summed E-state index contributed by atoms with van der Waals surface area (Å²) in [6.45, 7) is 2.85. The maximum absolute atomic E-state index is 12.8. The molecule has 1 aliphatic rings. The van der Waals surface area contributed by atoms with Gasteiger partial charge in [-0.3, -0.25) is 4.79 Å². The summed E-state index contributed by atoms with van der Waals surface area (Å²) >= 11 is 0. The number of hydrogen-bond acceptors (Lipinski definition) is 4. The van der Waals surface area contributed by atoms with Crippen LogP contribution in [0, 0.1) is 6.92 Å². The zero-order valence-corrected chi connectivity index (χ0v) is 16.2. The van der Waals surface area contributed by atoms with Gasteiger partial charge in [0.05, 0.1) is 4.90 Å². The van der Waals surface area contributed by atoms with Crippen LogP contribution in [0.3, 0.4) is 0 Å². The van der Waals surface area contributed by atoms with Crippen molar-refractivity contribution in [2.45, 2.75) is 31.1 Å². The van der Waals surface area contributed by atoms with Crippen LogP contribution in [-0.4, -0.2) is 38.3 Å². The molecule has 144 valence electrons. The molecule has 1 amide bonds. The van der Waals surface area contributed by atoms with E-state index in [1.165, 1.54) is 10.4 Å². The van der Waals surface area contributed by atoms with Gasteiger partial charge in [0.25, 0.3) is 5.91 Å². The Morgan fingerprint density at radius 3 is 2.56 bits per heavy atom. The lowest BCUT2D eigenvalue weighted by atomic mass is 10.2. The van der Waals surface area contributed by atoms with E-state index in [4.69, 9.17) is 4.74 Å². The first-order valence-electron chi connectivity index (χ1n) is 9.05. The average Bonchev–Trinajstić information content (AvgIpc) is 2.68. The van der Waals surface area contributed by atoms with Crippen LogP contribution in [-0.2, 0) is 14.8 Å². The van der Waals surface area contributed by atoms with E-state index in [0.29, 0.717) is 24.5 Å². The lowest BCUT2D eigenvalue weighted by molar-refractivity contribution is -0.118. The third-order valence-electron chi connectivity index (χ3n) is 4.52. The Balaban J connectivity index is 1.65. The number of benzene rings is 2. The van der Waals surface area contributed by atoms with E-state index < -0.39 is 10.0 Å². The minimum Gasteiger partial charge on any atom is -0.483 e. The van der Waals surface area contributed by atoms with Crippen molar-refractivity contribution < 1.29 is 17.9 Å². The maximum atomic E-state index is 12.8. The monoisotopic (exact) mass is 388 g/mol. The molecule has 0 atom stereocenters. The Morgan fingerprint density at radius 1 is 1.07 bits per heavy atom. The predicted molar refractivity (Wildman–Crippen MR) is 104 cm³/mol. The summed E-state index contributed by atoms with van der Waals surface area (Å²) < 4.78 is 32.6. The van der Waals surface area contributed by atoms with Gasteiger partial charge in [0.15, 0.2) is 6.61 Å². The lowest BCUT2D eigenvalue weighted by Crippen LogP contribution is -2.35. The molecular formula is C20H24N2O4S. The molecule has 6 nitrogen and oxygen atoms in total. The molecule has 0 aliphatic carbocycles. The first-order chi connectivity index (χ1) is 13.0. The van der Waals surface area contributed by atoms with Crippen molar-refractivity contribution in [3.8, 4) is 5.75 Å². The standard InChI is InChI=1S/C20H24N2O4S/c1-16-8-3-4-11-19(16)26-15-20(23)21-17-9-7-10-18(14-17)27(24,25)22-12-5-2-6-13-22/h3-4,7-11,14H,2,5-6,12-13,15H2,1H3,(H,21,23). The fraction of sp³-hybridized carbons (Fsp3) is 0.350. The van der Waals surface area contributed by atoms with E-state index in [0.717, 1.165) is 24.8 Å². The minimum absolute atomic E-state index is 0.145. The van der Waals surface area contributed by atoms with Crippen molar-refractivity contribution in [2.75, 3.05) is 25.0 Å². The van der Waals surface area contributed by atoms with Gasteiger partial charge in [-0.2, -0.15) is 4.31 Å². The fourth-order valence-electron chi connectivity index (χ4n) is 3.05. The van der Waals surface area contributed by atoms with Gasteiger partial charge in [-0.1, -0.05) is 30.7 Å². The van der Waals surface area contributed by atoms with E-state index in [9.17, 15) is 13.2 Å². The molecule has 0 radical (unpaired) electrons.